The van der Waals surface area contributed by atoms with Crippen molar-refractivity contribution in [2.24, 2.45) is 0 Å². The van der Waals surface area contributed by atoms with Crippen LogP contribution >= 0.6 is 12.2 Å². The van der Waals surface area contributed by atoms with Crippen LogP contribution in [0.15, 0.2) is 12.2 Å². The van der Waals surface area contributed by atoms with Crippen molar-refractivity contribution >= 4 is 35.4 Å². The largest absolute Gasteiger partial charge is 0.508 e. The molecule has 1 fully saturated rings. The summed E-state index contributed by atoms with van der Waals surface area (Å²) in [5.74, 6) is -0.658. The summed E-state index contributed by atoms with van der Waals surface area (Å²) in [5.41, 5.74) is 0.318. The van der Waals surface area contributed by atoms with Gasteiger partial charge < -0.3 is 29.6 Å². The van der Waals surface area contributed by atoms with Gasteiger partial charge in [0.25, 0.3) is 0 Å². The monoisotopic (exact) mass is 374 g/mol. The average Bonchev–Trinajstić information content (AvgIpc) is 2.87. The summed E-state index contributed by atoms with van der Waals surface area (Å²) in [4.78, 5) is 33.8. The molecule has 1 unspecified atom stereocenters. The second-order valence-electron chi connectivity index (χ2n) is 5.13. The van der Waals surface area contributed by atoms with Crippen LogP contribution < -0.4 is 10.6 Å². The van der Waals surface area contributed by atoms with Crippen molar-refractivity contribution in [3.63, 3.8) is 0 Å². The van der Waals surface area contributed by atoms with Gasteiger partial charge >= 0.3 is 12.1 Å². The number of carbonyl (C=O) groups is 3. The maximum absolute atomic E-state index is 11.4. The van der Waals surface area contributed by atoms with Crippen LogP contribution in [0.4, 0.5) is 4.79 Å². The van der Waals surface area contributed by atoms with Crippen LogP contribution in [-0.2, 0) is 28.5 Å². The summed E-state index contributed by atoms with van der Waals surface area (Å²) in [6, 6.07) is -0.389. The Bertz CT molecular complexity index is 524. The fourth-order valence-electron chi connectivity index (χ4n) is 1.75. The molecule has 9 nitrogen and oxygen atoms in total. The lowest BCUT2D eigenvalue weighted by Gasteiger charge is -2.09. The Morgan fingerprint density at radius 3 is 2.36 bits per heavy atom. The molecule has 25 heavy (non-hydrogen) atoms. The summed E-state index contributed by atoms with van der Waals surface area (Å²) >= 11 is 4.81. The third-order valence-electron chi connectivity index (χ3n) is 2.97. The van der Waals surface area contributed by atoms with Crippen LogP contribution in [0, 0.1) is 0 Å². The van der Waals surface area contributed by atoms with E-state index in [4.69, 9.17) is 31.2 Å². The number of amides is 1. The Morgan fingerprint density at radius 1 is 1.12 bits per heavy atom. The highest BCUT2D eigenvalue weighted by Crippen LogP contribution is 2.03. The van der Waals surface area contributed by atoms with Gasteiger partial charge in [-0.15, -0.1) is 0 Å². The molecule has 0 aromatic heterocycles. The van der Waals surface area contributed by atoms with Gasteiger partial charge in [0.1, 0.15) is 19.3 Å². The quantitative estimate of drug-likeness (QED) is 0.230. The molecule has 0 bridgehead atoms. The van der Waals surface area contributed by atoms with E-state index in [0.29, 0.717) is 23.5 Å². The zero-order chi connectivity index (χ0) is 18.7. The normalized spacial score (nSPS) is 16.0. The zero-order valence-corrected chi connectivity index (χ0v) is 14.8. The molecule has 0 aromatic rings. The highest BCUT2D eigenvalue weighted by atomic mass is 32.1. The van der Waals surface area contributed by atoms with Crippen molar-refractivity contribution in [1.82, 2.24) is 10.6 Å². The van der Waals surface area contributed by atoms with Crippen LogP contribution in [0.5, 0.6) is 0 Å². The van der Waals surface area contributed by atoms with Gasteiger partial charge in [0.05, 0.1) is 19.8 Å². The van der Waals surface area contributed by atoms with Crippen molar-refractivity contribution in [1.29, 1.82) is 0 Å². The number of hydrogen-bond acceptors (Lipinski definition) is 8. The molecular weight excluding hydrogens is 352 g/mol. The van der Waals surface area contributed by atoms with E-state index < -0.39 is 12.1 Å². The molecule has 0 spiro atoms. The number of rotatable bonds is 11. The lowest BCUT2D eigenvalue weighted by Crippen LogP contribution is -2.29. The molecule has 1 amide bonds. The van der Waals surface area contributed by atoms with Gasteiger partial charge in [-0.2, -0.15) is 0 Å². The highest BCUT2D eigenvalue weighted by Gasteiger charge is 2.26. The maximum Gasteiger partial charge on any atom is 0.508 e. The minimum atomic E-state index is -0.809. The first-order valence-corrected chi connectivity index (χ1v) is 8.12. The van der Waals surface area contributed by atoms with Gasteiger partial charge in [-0.05, 0) is 32.0 Å². The summed E-state index contributed by atoms with van der Waals surface area (Å²) in [7, 11) is 0. The van der Waals surface area contributed by atoms with Crippen molar-refractivity contribution in [3.05, 3.63) is 12.2 Å². The molecule has 0 aliphatic carbocycles. The molecule has 2 N–H and O–H groups in total. The number of thiocarbonyl (C=S) groups is 1. The van der Waals surface area contributed by atoms with Crippen molar-refractivity contribution in [2.75, 3.05) is 33.0 Å². The number of hydrogen-bond donors (Lipinski definition) is 2. The third kappa shape index (κ3) is 9.01. The number of ether oxygens (including phenoxy) is 4. The highest BCUT2D eigenvalue weighted by molar-refractivity contribution is 7.80. The molecular formula is C15H22N2O7S. The maximum atomic E-state index is 11.4. The smallest absolute Gasteiger partial charge is 0.460 e. The second kappa shape index (κ2) is 11.4. The molecule has 1 rings (SSSR count). The Balaban J connectivity index is 1.92. The second-order valence-corrected chi connectivity index (χ2v) is 5.54. The van der Waals surface area contributed by atoms with E-state index in [0.717, 1.165) is 0 Å². The standard InChI is InChI=1S/C15H22N2O7S/c1-10(2)13(19)22-8-6-21-7-9-24-15(20)23-5-3-4-11-12(18)17-14(25)16-11/h11H,1,3-9H2,2H3,(H2,16,17,18,25). The molecule has 1 atom stereocenters. The summed E-state index contributed by atoms with van der Waals surface area (Å²) < 4.78 is 19.6. The van der Waals surface area contributed by atoms with E-state index in [2.05, 4.69) is 17.2 Å². The predicted molar refractivity (Wildman–Crippen MR) is 90.8 cm³/mol. The molecule has 0 aromatic carbocycles. The first-order valence-electron chi connectivity index (χ1n) is 7.71. The van der Waals surface area contributed by atoms with Crippen LogP contribution in [0.3, 0.4) is 0 Å². The first kappa shape index (κ1) is 20.8. The topological polar surface area (TPSA) is 112 Å². The first-order chi connectivity index (χ1) is 11.9. The number of esters is 1. The van der Waals surface area contributed by atoms with Crippen molar-refractivity contribution in [3.8, 4) is 0 Å². The molecule has 10 heteroatoms. The number of carbonyl (C=O) groups excluding carboxylic acids is 3. The summed E-state index contributed by atoms with van der Waals surface area (Å²) in [6.45, 7) is 5.60. The average molecular weight is 374 g/mol. The predicted octanol–water partition coefficient (Wildman–Crippen LogP) is 0.429. The van der Waals surface area contributed by atoms with Gasteiger partial charge in [0.15, 0.2) is 5.11 Å². The molecule has 0 saturated carbocycles. The molecule has 0 radical (unpaired) electrons. The number of nitrogens with one attached hydrogen (secondary N) is 2. The Labute approximate surface area is 151 Å². The Hall–Kier alpha value is -2.20. The Morgan fingerprint density at radius 2 is 1.76 bits per heavy atom. The van der Waals surface area contributed by atoms with E-state index in [1.54, 1.807) is 6.92 Å². The fraction of sp³-hybridized carbons (Fsp3) is 0.600. The lowest BCUT2D eigenvalue weighted by molar-refractivity contribution is -0.140. The minimum Gasteiger partial charge on any atom is -0.460 e. The molecule has 1 heterocycles. The van der Waals surface area contributed by atoms with Crippen molar-refractivity contribution in [2.45, 2.75) is 25.8 Å². The lowest BCUT2D eigenvalue weighted by atomic mass is 10.2. The molecule has 1 aliphatic rings. The van der Waals surface area contributed by atoms with Crippen LogP contribution in [0.2, 0.25) is 0 Å². The van der Waals surface area contributed by atoms with Crippen molar-refractivity contribution < 1.29 is 33.3 Å². The van der Waals surface area contributed by atoms with Crippen LogP contribution in [0.25, 0.3) is 0 Å². The third-order valence-corrected chi connectivity index (χ3v) is 3.19. The summed E-state index contributed by atoms with van der Waals surface area (Å²) in [5, 5.41) is 5.60. The van der Waals surface area contributed by atoms with Gasteiger partial charge in [-0.1, -0.05) is 6.58 Å². The summed E-state index contributed by atoms with van der Waals surface area (Å²) in [6.07, 6.45) is 0.176. The van der Waals surface area contributed by atoms with E-state index >= 15 is 0 Å². The molecule has 140 valence electrons. The minimum absolute atomic E-state index is 0.0219. The molecule has 1 aliphatic heterocycles. The van der Waals surface area contributed by atoms with E-state index in [1.807, 2.05) is 0 Å². The zero-order valence-electron chi connectivity index (χ0n) is 14.0. The van der Waals surface area contributed by atoms with E-state index in [-0.39, 0.29) is 45.0 Å². The SMILES string of the molecule is C=C(C)C(=O)OCCOCCOC(=O)OCCCC1NC(=S)NC1=O. The van der Waals surface area contributed by atoms with E-state index in [1.165, 1.54) is 0 Å². The molecule has 1 saturated heterocycles. The van der Waals surface area contributed by atoms with Gasteiger partial charge in [-0.25, -0.2) is 9.59 Å². The fourth-order valence-corrected chi connectivity index (χ4v) is 1.99. The van der Waals surface area contributed by atoms with Gasteiger partial charge in [0.2, 0.25) is 5.91 Å². The van der Waals surface area contributed by atoms with Gasteiger partial charge in [-0.3, -0.25) is 4.79 Å². The van der Waals surface area contributed by atoms with Crippen LogP contribution in [0.1, 0.15) is 19.8 Å². The Kier molecular flexibility index (Phi) is 9.48. The van der Waals surface area contributed by atoms with E-state index in [9.17, 15) is 14.4 Å². The van der Waals surface area contributed by atoms with Gasteiger partial charge in [0, 0.05) is 5.57 Å². The van der Waals surface area contributed by atoms with Crippen LogP contribution in [-0.4, -0.2) is 62.2 Å².